The number of aromatic nitrogens is 6. The van der Waals surface area contributed by atoms with E-state index in [4.69, 9.17) is 14.7 Å². The molecule has 0 atom stereocenters. The number of pyridine rings is 2. The zero-order valence-electron chi connectivity index (χ0n) is 18.5. The van der Waals surface area contributed by atoms with Crippen LogP contribution in [0.15, 0.2) is 48.8 Å². The normalized spacial score (nSPS) is 14.9. The number of likely N-dealkylation sites (N-methyl/N-ethyl adjacent to an activating group) is 1. The van der Waals surface area contributed by atoms with Crippen molar-refractivity contribution in [3.8, 4) is 28.5 Å². The maximum absolute atomic E-state index is 5.31. The van der Waals surface area contributed by atoms with Gasteiger partial charge in [0.25, 0.3) is 0 Å². The zero-order valence-corrected chi connectivity index (χ0v) is 18.5. The van der Waals surface area contributed by atoms with Crippen molar-refractivity contribution in [2.45, 2.75) is 0 Å². The van der Waals surface area contributed by atoms with Crippen LogP contribution in [0.1, 0.15) is 0 Å². The molecule has 5 heterocycles. The maximum atomic E-state index is 5.31. The first-order valence-corrected chi connectivity index (χ1v) is 11.0. The summed E-state index contributed by atoms with van der Waals surface area (Å²) in [7, 11) is 3.79. The number of nitrogens with one attached hydrogen (secondary N) is 2. The topological polar surface area (TPSA) is 98.8 Å². The fraction of sp³-hybridized carbons (Fsp3) is 0.250. The number of aromatic amines is 2. The summed E-state index contributed by atoms with van der Waals surface area (Å²) in [5.74, 6) is 1.39. The minimum Gasteiger partial charge on any atom is -0.495 e. The molecule has 4 aromatic heterocycles. The second kappa shape index (κ2) is 7.86. The van der Waals surface area contributed by atoms with E-state index in [1.54, 1.807) is 19.5 Å². The molecule has 9 nitrogen and oxygen atoms in total. The third-order valence-corrected chi connectivity index (χ3v) is 6.21. The van der Waals surface area contributed by atoms with E-state index in [1.165, 1.54) is 0 Å². The number of methoxy groups -OCH3 is 1. The number of benzene rings is 1. The first-order chi connectivity index (χ1) is 16.2. The molecule has 0 bridgehead atoms. The van der Waals surface area contributed by atoms with Gasteiger partial charge in [-0.2, -0.15) is 5.10 Å². The average Bonchev–Trinajstić information content (AvgIpc) is 3.48. The molecule has 0 aliphatic carbocycles. The highest BCUT2D eigenvalue weighted by Gasteiger charge is 2.20. The molecule has 1 aliphatic rings. The number of para-hydroxylation sites is 1. The number of piperazine rings is 1. The van der Waals surface area contributed by atoms with Gasteiger partial charge >= 0.3 is 0 Å². The molecule has 6 rings (SSSR count). The molecule has 5 aromatic rings. The first kappa shape index (κ1) is 19.7. The summed E-state index contributed by atoms with van der Waals surface area (Å²) in [6, 6.07) is 12.1. The predicted molar refractivity (Wildman–Crippen MR) is 128 cm³/mol. The van der Waals surface area contributed by atoms with Crippen LogP contribution in [0.5, 0.6) is 5.75 Å². The standard InChI is InChI=1S/C24H24N8O/c1-31-8-10-32(11-9-31)20-5-3-4-18-21(20)28-24(27-18)23-22-19(29-30-23)7-6-17(26-22)15-12-16(33-2)14-25-13-15/h3-7,12-14H,8-11H2,1-2H3,(H,27,28)(H,29,30). The molecule has 1 aromatic carbocycles. The van der Waals surface area contributed by atoms with Crippen LogP contribution in [0.4, 0.5) is 5.69 Å². The van der Waals surface area contributed by atoms with Crippen molar-refractivity contribution >= 4 is 27.8 Å². The van der Waals surface area contributed by atoms with Gasteiger partial charge in [0.05, 0.1) is 35.7 Å². The van der Waals surface area contributed by atoms with Crippen LogP contribution in [0.2, 0.25) is 0 Å². The number of hydrogen-bond donors (Lipinski definition) is 2. The van der Waals surface area contributed by atoms with E-state index in [0.717, 1.165) is 65.2 Å². The largest absolute Gasteiger partial charge is 0.495 e. The van der Waals surface area contributed by atoms with Gasteiger partial charge in [-0.15, -0.1) is 0 Å². The van der Waals surface area contributed by atoms with E-state index in [2.05, 4.69) is 55.2 Å². The molecule has 166 valence electrons. The van der Waals surface area contributed by atoms with Crippen LogP contribution in [-0.4, -0.2) is 75.4 Å². The minimum absolute atomic E-state index is 0.690. The number of rotatable bonds is 4. The fourth-order valence-electron chi connectivity index (χ4n) is 4.33. The van der Waals surface area contributed by atoms with Gasteiger partial charge in [0.1, 0.15) is 16.8 Å². The maximum Gasteiger partial charge on any atom is 0.161 e. The zero-order chi connectivity index (χ0) is 22.4. The quantitative estimate of drug-likeness (QED) is 0.442. The molecule has 0 amide bonds. The van der Waals surface area contributed by atoms with Crippen molar-refractivity contribution < 1.29 is 4.74 Å². The summed E-state index contributed by atoms with van der Waals surface area (Å²) in [6.45, 7) is 4.07. The number of fused-ring (bicyclic) bond motifs is 2. The summed E-state index contributed by atoms with van der Waals surface area (Å²) in [6.07, 6.45) is 3.46. The summed E-state index contributed by atoms with van der Waals surface area (Å²) in [5, 5.41) is 7.63. The van der Waals surface area contributed by atoms with E-state index >= 15 is 0 Å². The first-order valence-electron chi connectivity index (χ1n) is 11.0. The third kappa shape index (κ3) is 3.46. The van der Waals surface area contributed by atoms with Crippen LogP contribution < -0.4 is 9.64 Å². The Morgan fingerprint density at radius 3 is 2.67 bits per heavy atom. The van der Waals surface area contributed by atoms with Gasteiger partial charge in [-0.05, 0) is 37.4 Å². The molecule has 33 heavy (non-hydrogen) atoms. The summed E-state index contributed by atoms with van der Waals surface area (Å²) in [4.78, 5) is 22.3. The van der Waals surface area contributed by atoms with Crippen molar-refractivity contribution in [2.24, 2.45) is 0 Å². The molecular formula is C24H24N8O. The Morgan fingerprint density at radius 2 is 1.82 bits per heavy atom. The Kier molecular flexibility index (Phi) is 4.69. The van der Waals surface area contributed by atoms with Crippen molar-refractivity contribution in [2.75, 3.05) is 45.2 Å². The third-order valence-electron chi connectivity index (χ3n) is 6.21. The number of imidazole rings is 1. The summed E-state index contributed by atoms with van der Waals surface area (Å²) in [5.41, 5.74) is 7.09. The average molecular weight is 441 g/mol. The highest BCUT2D eigenvalue weighted by atomic mass is 16.5. The smallest absolute Gasteiger partial charge is 0.161 e. The van der Waals surface area contributed by atoms with E-state index in [9.17, 15) is 0 Å². The number of hydrogen-bond acceptors (Lipinski definition) is 7. The monoisotopic (exact) mass is 440 g/mol. The van der Waals surface area contributed by atoms with Crippen molar-refractivity contribution in [1.82, 2.24) is 35.0 Å². The van der Waals surface area contributed by atoms with Gasteiger partial charge < -0.3 is 19.5 Å². The molecule has 0 unspecified atom stereocenters. The van der Waals surface area contributed by atoms with Crippen LogP contribution in [0.3, 0.4) is 0 Å². The molecule has 0 saturated carbocycles. The Hall–Kier alpha value is -3.98. The van der Waals surface area contributed by atoms with E-state index < -0.39 is 0 Å². The van der Waals surface area contributed by atoms with Gasteiger partial charge in [-0.25, -0.2) is 9.97 Å². The minimum atomic E-state index is 0.690. The number of H-pyrrole nitrogens is 2. The van der Waals surface area contributed by atoms with Gasteiger partial charge in [-0.3, -0.25) is 10.1 Å². The van der Waals surface area contributed by atoms with Crippen molar-refractivity contribution in [3.63, 3.8) is 0 Å². The Labute approximate surface area is 190 Å². The van der Waals surface area contributed by atoms with Crippen LogP contribution in [-0.2, 0) is 0 Å². The number of anilines is 1. The second-order valence-corrected chi connectivity index (χ2v) is 8.33. The lowest BCUT2D eigenvalue weighted by molar-refractivity contribution is 0.313. The van der Waals surface area contributed by atoms with E-state index in [-0.39, 0.29) is 0 Å². The Morgan fingerprint density at radius 1 is 0.939 bits per heavy atom. The molecule has 1 saturated heterocycles. The SMILES string of the molecule is COc1cncc(-c2ccc3[nH]nc(-c4nc5c(N6CCN(C)CC6)cccc5[nH]4)c3n2)c1. The van der Waals surface area contributed by atoms with Crippen molar-refractivity contribution in [1.29, 1.82) is 0 Å². The molecule has 1 aliphatic heterocycles. The molecule has 0 spiro atoms. The van der Waals surface area contributed by atoms with Crippen LogP contribution in [0, 0.1) is 0 Å². The molecule has 0 radical (unpaired) electrons. The molecular weight excluding hydrogens is 416 g/mol. The Bertz CT molecular complexity index is 1450. The molecule has 1 fully saturated rings. The van der Waals surface area contributed by atoms with Crippen molar-refractivity contribution in [3.05, 3.63) is 48.8 Å². The van der Waals surface area contributed by atoms with Gasteiger partial charge in [-0.1, -0.05) is 6.07 Å². The molecule has 2 N–H and O–H groups in total. The highest BCUT2D eigenvalue weighted by Crippen LogP contribution is 2.31. The van der Waals surface area contributed by atoms with Gasteiger partial charge in [0.2, 0.25) is 0 Å². The predicted octanol–water partition coefficient (Wildman–Crippen LogP) is 3.32. The highest BCUT2D eigenvalue weighted by molar-refractivity contribution is 5.95. The fourth-order valence-corrected chi connectivity index (χ4v) is 4.33. The number of nitrogens with zero attached hydrogens (tertiary/aromatic N) is 6. The summed E-state index contributed by atoms with van der Waals surface area (Å²) >= 11 is 0. The summed E-state index contributed by atoms with van der Waals surface area (Å²) < 4.78 is 5.31. The lowest BCUT2D eigenvalue weighted by atomic mass is 10.1. The van der Waals surface area contributed by atoms with E-state index in [0.29, 0.717) is 17.3 Å². The second-order valence-electron chi connectivity index (χ2n) is 8.33. The van der Waals surface area contributed by atoms with Crippen LogP contribution in [0.25, 0.3) is 44.8 Å². The lowest BCUT2D eigenvalue weighted by Crippen LogP contribution is -2.44. The Balaban J connectivity index is 1.43. The number of ether oxygens (including phenoxy) is 1. The van der Waals surface area contributed by atoms with E-state index in [1.807, 2.05) is 18.2 Å². The van der Waals surface area contributed by atoms with Gasteiger partial charge in [0.15, 0.2) is 11.5 Å². The van der Waals surface area contributed by atoms with Gasteiger partial charge in [0, 0.05) is 37.9 Å². The van der Waals surface area contributed by atoms with Crippen LogP contribution >= 0.6 is 0 Å². The molecule has 9 heteroatoms. The lowest BCUT2D eigenvalue weighted by Gasteiger charge is -2.34.